The largest absolute Gasteiger partial charge is 0.444 e. The monoisotopic (exact) mass is 766 g/mol. The van der Waals surface area contributed by atoms with Gasteiger partial charge in [-0.3, -0.25) is 28.8 Å². The number of carbonyl (C=O) groups is 7. The van der Waals surface area contributed by atoms with Gasteiger partial charge in [0, 0.05) is 20.6 Å². The number of likely N-dealkylation sites (N-methyl/N-ethyl adjacent to an activating group) is 1. The van der Waals surface area contributed by atoms with Gasteiger partial charge >= 0.3 is 6.09 Å². The second kappa shape index (κ2) is 16.7. The summed E-state index contributed by atoms with van der Waals surface area (Å²) in [6, 6.07) is 3.91. The molecule has 4 N–H and O–H groups in total. The van der Waals surface area contributed by atoms with Crippen molar-refractivity contribution in [3.05, 3.63) is 35.4 Å². The molecule has 4 rings (SSSR count). The molecule has 14 nitrogen and oxygen atoms in total. The summed E-state index contributed by atoms with van der Waals surface area (Å²) in [6.07, 6.45) is 1.87. The molecule has 55 heavy (non-hydrogen) atoms. The van der Waals surface area contributed by atoms with Crippen molar-refractivity contribution in [3.63, 3.8) is 0 Å². The van der Waals surface area contributed by atoms with Gasteiger partial charge in [-0.25, -0.2) is 4.79 Å². The smallest absolute Gasteiger partial charge is 0.408 e. The molecule has 0 bridgehead atoms. The Morgan fingerprint density at radius 1 is 0.927 bits per heavy atom. The first-order chi connectivity index (χ1) is 25.5. The van der Waals surface area contributed by atoms with Crippen molar-refractivity contribution in [2.45, 2.75) is 124 Å². The number of amides is 6. The predicted octanol–water partition coefficient (Wildman–Crippen LogP) is 2.76. The van der Waals surface area contributed by atoms with E-state index in [0.29, 0.717) is 32.2 Å². The van der Waals surface area contributed by atoms with Crippen LogP contribution < -0.4 is 21.3 Å². The van der Waals surface area contributed by atoms with Gasteiger partial charge in [-0.1, -0.05) is 78.6 Å². The van der Waals surface area contributed by atoms with E-state index in [4.69, 9.17) is 4.74 Å². The van der Waals surface area contributed by atoms with Gasteiger partial charge < -0.3 is 35.8 Å². The molecular weight excluding hydrogens is 704 g/mol. The first-order valence-electron chi connectivity index (χ1n) is 19.5. The zero-order valence-corrected chi connectivity index (χ0v) is 34.5. The maximum atomic E-state index is 14.2. The van der Waals surface area contributed by atoms with E-state index < -0.39 is 77.2 Å². The minimum atomic E-state index is -1.20. The van der Waals surface area contributed by atoms with Crippen LogP contribution >= 0.6 is 0 Å². The van der Waals surface area contributed by atoms with Gasteiger partial charge in [0.25, 0.3) is 5.91 Å². The van der Waals surface area contributed by atoms with Gasteiger partial charge in [0.2, 0.25) is 29.4 Å². The Bertz CT molecular complexity index is 1630. The van der Waals surface area contributed by atoms with Gasteiger partial charge in [0.1, 0.15) is 23.7 Å². The highest BCUT2D eigenvalue weighted by atomic mass is 16.6. The van der Waals surface area contributed by atoms with Crippen LogP contribution in [0, 0.1) is 28.6 Å². The molecular formula is C41H62N6O8. The summed E-state index contributed by atoms with van der Waals surface area (Å²) >= 11 is 0. The number of piperidine rings is 1. The third-order valence-corrected chi connectivity index (χ3v) is 11.2. The third kappa shape index (κ3) is 10.2. The fourth-order valence-electron chi connectivity index (χ4n) is 8.11. The van der Waals surface area contributed by atoms with Crippen molar-refractivity contribution in [2.24, 2.45) is 28.6 Å². The van der Waals surface area contributed by atoms with E-state index in [1.165, 1.54) is 9.80 Å². The molecule has 3 aliphatic rings. The fraction of sp³-hybridized carbons (Fsp3) is 0.683. The molecule has 2 fully saturated rings. The number of fused-ring (bicyclic) bond motifs is 2. The van der Waals surface area contributed by atoms with Crippen LogP contribution in [0.1, 0.15) is 92.7 Å². The van der Waals surface area contributed by atoms with Gasteiger partial charge in [-0.15, -0.1) is 0 Å². The fourth-order valence-corrected chi connectivity index (χ4v) is 8.11. The molecule has 0 radical (unpaired) electrons. The van der Waals surface area contributed by atoms with Crippen molar-refractivity contribution in [2.75, 3.05) is 27.2 Å². The lowest BCUT2D eigenvalue weighted by Crippen LogP contribution is -2.61. The SMILES string of the molecule is CCCCC(NC(=O)[C@@H]1C2C(CN1C(=O)[C@@H](NC(=O)OC(C)(C)C)C(C)(C)C)C2(C)C)C(=O)C(=O)NCC(=O)N[C@H](C(=O)N(C)C)C1Cc2ccccc2C1. The highest BCUT2D eigenvalue weighted by Gasteiger charge is 2.70. The van der Waals surface area contributed by atoms with E-state index in [9.17, 15) is 33.6 Å². The number of benzene rings is 1. The minimum Gasteiger partial charge on any atom is -0.444 e. The normalized spacial score (nSPS) is 21.6. The lowest BCUT2D eigenvalue weighted by Gasteiger charge is -2.38. The molecule has 1 saturated carbocycles. The Balaban J connectivity index is 1.44. The second-order valence-corrected chi connectivity index (χ2v) is 18.3. The zero-order valence-electron chi connectivity index (χ0n) is 34.5. The Morgan fingerprint density at radius 2 is 1.53 bits per heavy atom. The van der Waals surface area contributed by atoms with Crippen molar-refractivity contribution < 1.29 is 38.3 Å². The van der Waals surface area contributed by atoms with E-state index in [0.717, 1.165) is 11.1 Å². The number of carbonyl (C=O) groups excluding carboxylic acids is 7. The Labute approximate surface area is 325 Å². The number of hydrogen-bond acceptors (Lipinski definition) is 8. The van der Waals surface area contributed by atoms with Crippen LogP contribution in [-0.4, -0.2) is 108 Å². The molecule has 6 amide bonds. The molecule has 304 valence electrons. The summed E-state index contributed by atoms with van der Waals surface area (Å²) < 4.78 is 5.44. The van der Waals surface area contributed by atoms with E-state index in [1.807, 2.05) is 65.8 Å². The lowest BCUT2D eigenvalue weighted by atomic mass is 9.85. The molecule has 3 unspecified atom stereocenters. The van der Waals surface area contributed by atoms with Crippen molar-refractivity contribution in [1.82, 2.24) is 31.1 Å². The number of Topliss-reactive ketones (excluding diaryl/α,β-unsaturated/α-hetero) is 1. The molecule has 1 saturated heterocycles. The summed E-state index contributed by atoms with van der Waals surface area (Å²) in [5.74, 6) is -4.18. The predicted molar refractivity (Wildman–Crippen MR) is 206 cm³/mol. The summed E-state index contributed by atoms with van der Waals surface area (Å²) in [6.45, 7) is 16.4. The average Bonchev–Trinajstić information content (AvgIpc) is 3.44. The maximum Gasteiger partial charge on any atom is 0.408 e. The van der Waals surface area contributed by atoms with Crippen LogP contribution in [0.5, 0.6) is 0 Å². The molecule has 6 atom stereocenters. The first kappa shape index (κ1) is 43.2. The summed E-state index contributed by atoms with van der Waals surface area (Å²) in [4.78, 5) is 97.3. The van der Waals surface area contributed by atoms with E-state index in [2.05, 4.69) is 21.3 Å². The molecule has 0 aromatic heterocycles. The summed E-state index contributed by atoms with van der Waals surface area (Å²) in [7, 11) is 3.23. The number of nitrogens with one attached hydrogen (secondary N) is 4. The molecule has 1 aliphatic heterocycles. The lowest BCUT2D eigenvalue weighted by molar-refractivity contribution is -0.145. The Hall–Kier alpha value is -4.49. The number of ketones is 1. The number of rotatable bonds is 14. The maximum absolute atomic E-state index is 14.2. The van der Waals surface area contributed by atoms with Crippen LogP contribution in [0.3, 0.4) is 0 Å². The Morgan fingerprint density at radius 3 is 2.05 bits per heavy atom. The van der Waals surface area contributed by atoms with Crippen LogP contribution in [-0.2, 0) is 46.3 Å². The topological polar surface area (TPSA) is 183 Å². The second-order valence-electron chi connectivity index (χ2n) is 18.3. The standard InChI is InChI=1S/C41H62N6O8/c1-12-13-18-27(32(49)35(51)42-21-28(48)44-30(36(52)46(10)11)25-19-23-16-14-15-17-24(23)20-25)43-34(50)31-29-26(41(29,8)9)22-47(31)37(53)33(39(2,3)4)45-38(54)55-40(5,6)7/h14-17,25-27,29-31,33H,12-13,18-22H2,1-11H3,(H,42,51)(H,43,50)(H,44,48)(H,45,54)/t26?,27?,29?,30-,31-,33+/m0/s1. The van der Waals surface area contributed by atoms with Crippen molar-refractivity contribution in [3.8, 4) is 0 Å². The molecule has 0 spiro atoms. The van der Waals surface area contributed by atoms with Gasteiger partial charge in [0.05, 0.1) is 12.6 Å². The molecule has 14 heteroatoms. The molecule has 1 heterocycles. The van der Waals surface area contributed by atoms with Crippen molar-refractivity contribution >= 4 is 41.4 Å². The number of unbranched alkanes of at least 4 members (excludes halogenated alkanes) is 1. The number of hydrogen-bond donors (Lipinski definition) is 4. The van der Waals surface area contributed by atoms with Gasteiger partial charge in [-0.2, -0.15) is 0 Å². The van der Waals surface area contributed by atoms with Crippen LogP contribution in [0.15, 0.2) is 24.3 Å². The van der Waals surface area contributed by atoms with E-state index in [-0.39, 0.29) is 35.5 Å². The number of likely N-dealkylation sites (tertiary alicyclic amines) is 1. The van der Waals surface area contributed by atoms with Crippen LogP contribution in [0.25, 0.3) is 0 Å². The Kier molecular flexibility index (Phi) is 13.1. The average molecular weight is 767 g/mol. The molecule has 2 aliphatic carbocycles. The highest BCUT2D eigenvalue weighted by Crippen LogP contribution is 2.65. The molecule has 1 aromatic rings. The minimum absolute atomic E-state index is 0.0301. The molecule has 1 aromatic carbocycles. The zero-order chi connectivity index (χ0) is 41.2. The number of nitrogens with zero attached hydrogens (tertiary/aromatic N) is 2. The van der Waals surface area contributed by atoms with Crippen LogP contribution in [0.2, 0.25) is 0 Å². The highest BCUT2D eigenvalue weighted by molar-refractivity contribution is 6.38. The summed E-state index contributed by atoms with van der Waals surface area (Å²) in [5, 5.41) is 10.7. The van der Waals surface area contributed by atoms with Gasteiger partial charge in [0.15, 0.2) is 0 Å². The van der Waals surface area contributed by atoms with E-state index in [1.54, 1.807) is 34.9 Å². The van der Waals surface area contributed by atoms with Crippen LogP contribution in [0.4, 0.5) is 4.79 Å². The first-order valence-corrected chi connectivity index (χ1v) is 19.5. The van der Waals surface area contributed by atoms with Crippen molar-refractivity contribution in [1.29, 1.82) is 0 Å². The number of alkyl carbamates (subject to hydrolysis) is 1. The summed E-state index contributed by atoms with van der Waals surface area (Å²) in [5.41, 5.74) is 0.479. The van der Waals surface area contributed by atoms with Gasteiger partial charge in [-0.05, 0) is 79.7 Å². The third-order valence-electron chi connectivity index (χ3n) is 11.2. The number of ether oxygens (including phenoxy) is 1. The van der Waals surface area contributed by atoms with E-state index >= 15 is 0 Å². The quantitative estimate of drug-likeness (QED) is 0.209.